The predicted octanol–water partition coefficient (Wildman–Crippen LogP) is 0.627. The van der Waals surface area contributed by atoms with Crippen molar-refractivity contribution in [3.8, 4) is 0 Å². The molecule has 0 heterocycles. The van der Waals surface area contributed by atoms with Gasteiger partial charge in [0.2, 0.25) is 0 Å². The largest absolute Gasteiger partial charge is 0.501 e. The summed E-state index contributed by atoms with van der Waals surface area (Å²) in [7, 11) is -3.26. The van der Waals surface area contributed by atoms with Crippen LogP contribution in [0, 0.1) is 0 Å². The minimum atomic E-state index is -3.26. The number of hydrogen-bond donors (Lipinski definition) is 3. The van der Waals surface area contributed by atoms with E-state index >= 15 is 0 Å². The number of aliphatic hydroxyl groups is 3. The SMILES string of the molecule is CC=CC(=O)OCCC[Si](OCC(C)O)(OCC(C)O)OCC(C)O. The van der Waals surface area contributed by atoms with Gasteiger partial charge in [0.15, 0.2) is 0 Å². The van der Waals surface area contributed by atoms with Crippen molar-refractivity contribution >= 4 is 14.8 Å². The second-order valence-corrected chi connectivity index (χ2v) is 8.67. The topological polar surface area (TPSA) is 115 Å². The highest BCUT2D eigenvalue weighted by molar-refractivity contribution is 6.60. The first-order valence-electron chi connectivity index (χ1n) is 8.46. The van der Waals surface area contributed by atoms with Gasteiger partial charge in [0.1, 0.15) is 0 Å². The van der Waals surface area contributed by atoms with Gasteiger partial charge < -0.3 is 33.3 Å². The monoisotopic (exact) mass is 380 g/mol. The molecule has 25 heavy (non-hydrogen) atoms. The maximum absolute atomic E-state index is 11.3. The number of hydrogen-bond acceptors (Lipinski definition) is 8. The van der Waals surface area contributed by atoms with E-state index in [9.17, 15) is 20.1 Å². The van der Waals surface area contributed by atoms with E-state index in [0.717, 1.165) is 0 Å². The molecule has 0 radical (unpaired) electrons. The molecule has 0 aliphatic rings. The number of carbonyl (C=O) groups excluding carboxylic acids is 1. The second kappa shape index (κ2) is 13.4. The molecule has 0 rings (SSSR count). The lowest BCUT2D eigenvalue weighted by atomic mass is 10.5. The summed E-state index contributed by atoms with van der Waals surface area (Å²) in [5.74, 6) is -0.436. The third-order valence-electron chi connectivity index (χ3n) is 2.81. The molecule has 0 bridgehead atoms. The Bertz CT molecular complexity index is 353. The Kier molecular flexibility index (Phi) is 13.0. The Balaban J connectivity index is 4.84. The van der Waals surface area contributed by atoms with E-state index in [1.807, 2.05) is 0 Å². The summed E-state index contributed by atoms with van der Waals surface area (Å²) in [6.45, 7) is 6.60. The van der Waals surface area contributed by atoms with Gasteiger partial charge in [0.25, 0.3) is 0 Å². The molecule has 0 aromatic heterocycles. The fourth-order valence-electron chi connectivity index (χ4n) is 1.73. The number of ether oxygens (including phenoxy) is 1. The van der Waals surface area contributed by atoms with Crippen LogP contribution >= 0.6 is 0 Å². The molecular formula is C16H32O8Si. The summed E-state index contributed by atoms with van der Waals surface area (Å²) >= 11 is 0. The molecule has 3 unspecified atom stereocenters. The highest BCUT2D eigenvalue weighted by atomic mass is 28.4. The lowest BCUT2D eigenvalue weighted by molar-refractivity contribution is -0.137. The zero-order valence-corrected chi connectivity index (χ0v) is 16.5. The van der Waals surface area contributed by atoms with Crippen LogP contribution in [-0.4, -0.2) is 74.8 Å². The maximum Gasteiger partial charge on any atom is 0.501 e. The van der Waals surface area contributed by atoms with Crippen LogP contribution in [0.25, 0.3) is 0 Å². The Hall–Kier alpha value is -0.813. The first-order valence-corrected chi connectivity index (χ1v) is 10.4. The van der Waals surface area contributed by atoms with Crippen molar-refractivity contribution in [3.05, 3.63) is 12.2 Å². The zero-order chi connectivity index (χ0) is 19.3. The molecule has 0 saturated heterocycles. The molecule has 148 valence electrons. The average molecular weight is 381 g/mol. The zero-order valence-electron chi connectivity index (χ0n) is 15.5. The van der Waals surface area contributed by atoms with E-state index in [0.29, 0.717) is 12.5 Å². The summed E-state index contributed by atoms with van der Waals surface area (Å²) in [5.41, 5.74) is 0. The molecule has 0 aliphatic heterocycles. The number of rotatable bonds is 14. The fourth-order valence-corrected chi connectivity index (χ4v) is 4.48. The molecule has 9 heteroatoms. The number of carbonyl (C=O) groups is 1. The van der Waals surface area contributed by atoms with Crippen LogP contribution in [0.5, 0.6) is 0 Å². The Morgan fingerprint density at radius 3 is 1.76 bits per heavy atom. The van der Waals surface area contributed by atoms with E-state index in [1.165, 1.54) is 6.08 Å². The fraction of sp³-hybridized carbons (Fsp3) is 0.812. The molecule has 0 aromatic carbocycles. The van der Waals surface area contributed by atoms with Crippen LogP contribution in [0.15, 0.2) is 12.2 Å². The molecule has 0 aliphatic carbocycles. The van der Waals surface area contributed by atoms with Crippen molar-refractivity contribution in [3.63, 3.8) is 0 Å². The van der Waals surface area contributed by atoms with Crippen molar-refractivity contribution in [2.24, 2.45) is 0 Å². The van der Waals surface area contributed by atoms with Crippen molar-refractivity contribution in [2.45, 2.75) is 58.5 Å². The van der Waals surface area contributed by atoms with Gasteiger partial charge in [-0.25, -0.2) is 4.79 Å². The molecule has 3 atom stereocenters. The lowest BCUT2D eigenvalue weighted by Crippen LogP contribution is -2.49. The summed E-state index contributed by atoms with van der Waals surface area (Å²) in [5, 5.41) is 28.5. The van der Waals surface area contributed by atoms with Gasteiger partial charge in [-0.2, -0.15) is 0 Å². The molecule has 0 aromatic rings. The number of allylic oxidation sites excluding steroid dienone is 1. The summed E-state index contributed by atoms with van der Waals surface area (Å²) in [6, 6.07) is 0.322. The normalized spacial score (nSPS) is 17.9. The predicted molar refractivity (Wildman–Crippen MR) is 93.8 cm³/mol. The molecule has 8 nitrogen and oxygen atoms in total. The van der Waals surface area contributed by atoms with Crippen LogP contribution < -0.4 is 0 Å². The van der Waals surface area contributed by atoms with E-state index in [-0.39, 0.29) is 26.4 Å². The maximum atomic E-state index is 11.3. The molecule has 0 amide bonds. The molecular weight excluding hydrogens is 348 g/mol. The Morgan fingerprint density at radius 1 is 0.960 bits per heavy atom. The van der Waals surface area contributed by atoms with E-state index in [1.54, 1.807) is 33.8 Å². The highest BCUT2D eigenvalue weighted by Crippen LogP contribution is 2.20. The summed E-state index contributed by atoms with van der Waals surface area (Å²) < 4.78 is 22.2. The molecule has 0 saturated carbocycles. The van der Waals surface area contributed by atoms with Gasteiger partial charge in [0, 0.05) is 12.1 Å². The third kappa shape index (κ3) is 13.1. The van der Waals surface area contributed by atoms with E-state index in [2.05, 4.69) is 0 Å². The van der Waals surface area contributed by atoms with Crippen LogP contribution in [0.4, 0.5) is 0 Å². The molecule has 3 N–H and O–H groups in total. The lowest BCUT2D eigenvalue weighted by Gasteiger charge is -2.31. The van der Waals surface area contributed by atoms with Crippen molar-refractivity contribution in [2.75, 3.05) is 26.4 Å². The van der Waals surface area contributed by atoms with Gasteiger partial charge in [-0.3, -0.25) is 0 Å². The van der Waals surface area contributed by atoms with Crippen LogP contribution in [0.2, 0.25) is 6.04 Å². The number of esters is 1. The van der Waals surface area contributed by atoms with Gasteiger partial charge in [-0.15, -0.1) is 0 Å². The van der Waals surface area contributed by atoms with Crippen LogP contribution in [-0.2, 0) is 22.8 Å². The minimum Gasteiger partial charge on any atom is -0.463 e. The van der Waals surface area contributed by atoms with Crippen molar-refractivity contribution < 1.29 is 38.1 Å². The quantitative estimate of drug-likeness (QED) is 0.174. The van der Waals surface area contributed by atoms with Gasteiger partial charge in [-0.05, 0) is 34.1 Å². The van der Waals surface area contributed by atoms with Crippen LogP contribution in [0.3, 0.4) is 0 Å². The first kappa shape index (κ1) is 24.2. The van der Waals surface area contributed by atoms with E-state index < -0.39 is 33.1 Å². The Labute approximate surface area is 150 Å². The van der Waals surface area contributed by atoms with E-state index in [4.69, 9.17) is 18.0 Å². The Morgan fingerprint density at radius 2 is 1.40 bits per heavy atom. The van der Waals surface area contributed by atoms with Crippen LogP contribution in [0.1, 0.15) is 34.1 Å². The second-order valence-electron chi connectivity index (χ2n) is 5.93. The van der Waals surface area contributed by atoms with Gasteiger partial charge in [0.05, 0.1) is 44.7 Å². The van der Waals surface area contributed by atoms with Gasteiger partial charge >= 0.3 is 14.8 Å². The van der Waals surface area contributed by atoms with Crippen molar-refractivity contribution in [1.29, 1.82) is 0 Å². The van der Waals surface area contributed by atoms with Gasteiger partial charge in [-0.1, -0.05) is 6.08 Å². The summed E-state index contributed by atoms with van der Waals surface area (Å²) in [6.07, 6.45) is 1.18. The first-order chi connectivity index (χ1) is 11.7. The standard InChI is InChI=1S/C16H32O8Si/c1-5-7-16(20)21-8-6-9-25(22-10-13(2)17,23-11-14(3)18)24-12-15(4)19/h5,7,13-15,17-19H,6,8-12H2,1-4H3. The highest BCUT2D eigenvalue weighted by Gasteiger charge is 2.42. The average Bonchev–Trinajstić information content (AvgIpc) is 2.52. The summed E-state index contributed by atoms with van der Waals surface area (Å²) in [4.78, 5) is 11.3. The number of aliphatic hydroxyl groups excluding tert-OH is 3. The molecule has 0 spiro atoms. The minimum absolute atomic E-state index is 0.00417. The third-order valence-corrected chi connectivity index (χ3v) is 5.59. The smallest absolute Gasteiger partial charge is 0.463 e. The van der Waals surface area contributed by atoms with Crippen molar-refractivity contribution in [1.82, 2.24) is 0 Å². The molecule has 0 fully saturated rings.